The zero-order chi connectivity index (χ0) is 14.1. The SMILES string of the molecule is Nc1cnc(Cl)c(C(=O)N2CCCC2c2ccsc2)c1. The summed E-state index contributed by atoms with van der Waals surface area (Å²) in [5, 5.41) is 4.33. The molecule has 0 bridgehead atoms. The van der Waals surface area contributed by atoms with Gasteiger partial charge in [0.15, 0.2) is 0 Å². The molecule has 0 spiro atoms. The minimum Gasteiger partial charge on any atom is -0.397 e. The molecule has 0 radical (unpaired) electrons. The number of carbonyl (C=O) groups is 1. The van der Waals surface area contributed by atoms with E-state index in [0.29, 0.717) is 11.3 Å². The van der Waals surface area contributed by atoms with Crippen molar-refractivity contribution in [2.75, 3.05) is 12.3 Å². The van der Waals surface area contributed by atoms with Gasteiger partial charge in [0.25, 0.3) is 5.91 Å². The quantitative estimate of drug-likeness (QED) is 0.866. The molecule has 2 N–H and O–H groups in total. The van der Waals surface area contributed by atoms with Crippen molar-refractivity contribution in [3.05, 3.63) is 45.4 Å². The van der Waals surface area contributed by atoms with Crippen LogP contribution in [0.2, 0.25) is 5.15 Å². The zero-order valence-electron chi connectivity index (χ0n) is 10.8. The lowest BCUT2D eigenvalue weighted by molar-refractivity contribution is 0.0735. The van der Waals surface area contributed by atoms with Crippen LogP contribution in [0.3, 0.4) is 0 Å². The summed E-state index contributed by atoms with van der Waals surface area (Å²) in [5.41, 5.74) is 7.72. The maximum atomic E-state index is 12.7. The number of pyridine rings is 1. The molecule has 20 heavy (non-hydrogen) atoms. The highest BCUT2D eigenvalue weighted by Gasteiger charge is 2.31. The largest absolute Gasteiger partial charge is 0.397 e. The summed E-state index contributed by atoms with van der Waals surface area (Å²) < 4.78 is 0. The molecule has 3 heterocycles. The van der Waals surface area contributed by atoms with E-state index in [9.17, 15) is 4.79 Å². The summed E-state index contributed by atoms with van der Waals surface area (Å²) >= 11 is 7.68. The molecule has 1 amide bonds. The third kappa shape index (κ3) is 2.39. The van der Waals surface area contributed by atoms with Crippen molar-refractivity contribution < 1.29 is 4.79 Å². The van der Waals surface area contributed by atoms with Crippen LogP contribution < -0.4 is 5.73 Å². The van der Waals surface area contributed by atoms with E-state index in [2.05, 4.69) is 16.4 Å². The van der Waals surface area contributed by atoms with Gasteiger partial charge in [-0.05, 0) is 41.3 Å². The van der Waals surface area contributed by atoms with Crippen molar-refractivity contribution in [1.29, 1.82) is 0 Å². The van der Waals surface area contributed by atoms with Crippen LogP contribution in [0.4, 0.5) is 5.69 Å². The Balaban J connectivity index is 1.91. The number of carbonyl (C=O) groups excluding carboxylic acids is 1. The number of aromatic nitrogens is 1. The normalized spacial score (nSPS) is 18.4. The van der Waals surface area contributed by atoms with Crippen LogP contribution in [0, 0.1) is 0 Å². The number of hydrogen-bond acceptors (Lipinski definition) is 4. The van der Waals surface area contributed by atoms with Crippen molar-refractivity contribution in [2.45, 2.75) is 18.9 Å². The second kappa shape index (κ2) is 5.42. The Labute approximate surface area is 126 Å². The van der Waals surface area contributed by atoms with Gasteiger partial charge in [-0.3, -0.25) is 4.79 Å². The first-order chi connectivity index (χ1) is 9.66. The number of halogens is 1. The Hall–Kier alpha value is -1.59. The summed E-state index contributed by atoms with van der Waals surface area (Å²) in [6.45, 7) is 0.741. The van der Waals surface area contributed by atoms with E-state index in [-0.39, 0.29) is 17.1 Å². The van der Waals surface area contributed by atoms with Crippen molar-refractivity contribution >= 4 is 34.5 Å². The molecule has 1 atom stereocenters. The first kappa shape index (κ1) is 13.4. The van der Waals surface area contributed by atoms with Gasteiger partial charge >= 0.3 is 0 Å². The fraction of sp³-hybridized carbons (Fsp3) is 0.286. The van der Waals surface area contributed by atoms with Crippen molar-refractivity contribution in [3.63, 3.8) is 0 Å². The minimum atomic E-state index is -0.0940. The second-order valence-corrected chi connectivity index (χ2v) is 5.96. The Morgan fingerprint density at radius 3 is 3.15 bits per heavy atom. The summed E-state index contributed by atoms with van der Waals surface area (Å²) in [6.07, 6.45) is 3.44. The third-order valence-corrected chi connectivity index (χ3v) is 4.53. The van der Waals surface area contributed by atoms with Gasteiger partial charge in [-0.1, -0.05) is 11.6 Å². The number of hydrogen-bond donors (Lipinski definition) is 1. The van der Waals surface area contributed by atoms with Crippen molar-refractivity contribution in [2.24, 2.45) is 0 Å². The smallest absolute Gasteiger partial charge is 0.257 e. The second-order valence-electron chi connectivity index (χ2n) is 4.82. The van der Waals surface area contributed by atoms with E-state index in [1.807, 2.05) is 10.3 Å². The monoisotopic (exact) mass is 307 g/mol. The molecular weight excluding hydrogens is 294 g/mol. The van der Waals surface area contributed by atoms with E-state index in [1.165, 1.54) is 11.8 Å². The van der Waals surface area contributed by atoms with E-state index in [0.717, 1.165) is 19.4 Å². The molecule has 3 rings (SSSR count). The van der Waals surface area contributed by atoms with Gasteiger partial charge in [0.05, 0.1) is 23.5 Å². The lowest BCUT2D eigenvalue weighted by Gasteiger charge is -2.24. The number of nitrogens with zero attached hydrogens (tertiary/aromatic N) is 2. The molecule has 6 heteroatoms. The Morgan fingerprint density at radius 2 is 2.40 bits per heavy atom. The molecule has 1 saturated heterocycles. The van der Waals surface area contributed by atoms with Gasteiger partial charge in [-0.25, -0.2) is 4.98 Å². The van der Waals surface area contributed by atoms with Crippen LogP contribution in [0.1, 0.15) is 34.8 Å². The molecule has 1 aliphatic rings. The topological polar surface area (TPSA) is 59.2 Å². The number of amides is 1. The summed E-state index contributed by atoms with van der Waals surface area (Å²) in [6, 6.07) is 3.80. The highest BCUT2D eigenvalue weighted by molar-refractivity contribution is 7.08. The average Bonchev–Trinajstić information content (AvgIpc) is 3.10. The lowest BCUT2D eigenvalue weighted by atomic mass is 10.1. The molecule has 0 saturated carbocycles. The van der Waals surface area contributed by atoms with Crippen LogP contribution >= 0.6 is 22.9 Å². The summed E-state index contributed by atoms with van der Waals surface area (Å²) in [4.78, 5) is 18.5. The van der Waals surface area contributed by atoms with Crippen molar-refractivity contribution in [1.82, 2.24) is 9.88 Å². The van der Waals surface area contributed by atoms with E-state index in [1.54, 1.807) is 17.4 Å². The highest BCUT2D eigenvalue weighted by atomic mass is 35.5. The van der Waals surface area contributed by atoms with Gasteiger partial charge in [0.2, 0.25) is 0 Å². The predicted octanol–water partition coefficient (Wildman–Crippen LogP) is 3.36. The maximum absolute atomic E-state index is 12.7. The maximum Gasteiger partial charge on any atom is 0.257 e. The molecule has 0 aliphatic carbocycles. The minimum absolute atomic E-state index is 0.0940. The molecule has 1 unspecified atom stereocenters. The van der Waals surface area contributed by atoms with Crippen molar-refractivity contribution in [3.8, 4) is 0 Å². The number of nitrogens with two attached hydrogens (primary N) is 1. The first-order valence-electron chi connectivity index (χ1n) is 6.41. The van der Waals surface area contributed by atoms with E-state index in [4.69, 9.17) is 17.3 Å². The lowest BCUT2D eigenvalue weighted by Crippen LogP contribution is -2.30. The molecule has 2 aromatic heterocycles. The molecule has 4 nitrogen and oxygen atoms in total. The van der Waals surface area contributed by atoms with Crippen LogP contribution in [0.15, 0.2) is 29.1 Å². The van der Waals surface area contributed by atoms with Crippen LogP contribution in [0.25, 0.3) is 0 Å². The van der Waals surface area contributed by atoms with Crippen LogP contribution in [-0.2, 0) is 0 Å². The third-order valence-electron chi connectivity index (χ3n) is 3.53. The Kier molecular flexibility index (Phi) is 3.63. The predicted molar refractivity (Wildman–Crippen MR) is 81.0 cm³/mol. The number of anilines is 1. The molecule has 1 aliphatic heterocycles. The summed E-state index contributed by atoms with van der Waals surface area (Å²) in [7, 11) is 0. The zero-order valence-corrected chi connectivity index (χ0v) is 12.3. The fourth-order valence-corrected chi connectivity index (χ4v) is 3.48. The Morgan fingerprint density at radius 1 is 1.55 bits per heavy atom. The number of rotatable bonds is 2. The van der Waals surface area contributed by atoms with Gasteiger partial charge in [-0.2, -0.15) is 11.3 Å². The number of thiophene rings is 1. The van der Waals surface area contributed by atoms with Crippen LogP contribution in [-0.4, -0.2) is 22.3 Å². The number of nitrogen functional groups attached to an aromatic ring is 1. The molecule has 104 valence electrons. The van der Waals surface area contributed by atoms with Gasteiger partial charge in [0, 0.05) is 6.54 Å². The van der Waals surface area contributed by atoms with Crippen LogP contribution in [0.5, 0.6) is 0 Å². The average molecular weight is 308 g/mol. The number of likely N-dealkylation sites (tertiary alicyclic amines) is 1. The van der Waals surface area contributed by atoms with E-state index < -0.39 is 0 Å². The molecule has 1 fully saturated rings. The van der Waals surface area contributed by atoms with Gasteiger partial charge in [-0.15, -0.1) is 0 Å². The highest BCUT2D eigenvalue weighted by Crippen LogP contribution is 2.35. The molecule has 2 aromatic rings. The Bertz CT molecular complexity index is 629. The summed E-state index contributed by atoms with van der Waals surface area (Å²) in [5.74, 6) is -0.0940. The van der Waals surface area contributed by atoms with Gasteiger partial charge < -0.3 is 10.6 Å². The fourth-order valence-electron chi connectivity index (χ4n) is 2.59. The molecular formula is C14H14ClN3OS. The molecule has 0 aromatic carbocycles. The van der Waals surface area contributed by atoms with E-state index >= 15 is 0 Å². The standard InChI is InChI=1S/C14H14ClN3OS/c15-13-11(6-10(16)7-17-13)14(19)18-4-1-2-12(18)9-3-5-20-8-9/h3,5-8,12H,1-2,4,16H2. The first-order valence-corrected chi connectivity index (χ1v) is 7.73. The van der Waals surface area contributed by atoms with Gasteiger partial charge in [0.1, 0.15) is 5.15 Å².